The highest BCUT2D eigenvalue weighted by molar-refractivity contribution is 5.95. The van der Waals surface area contributed by atoms with Gasteiger partial charge < -0.3 is 14.7 Å². The molecule has 0 saturated heterocycles. The van der Waals surface area contributed by atoms with Crippen LogP contribution in [0.4, 0.5) is 5.69 Å². The van der Waals surface area contributed by atoms with Crippen molar-refractivity contribution in [2.45, 2.75) is 19.1 Å². The van der Waals surface area contributed by atoms with Crippen molar-refractivity contribution < 1.29 is 14.6 Å². The molecule has 1 N–H and O–H groups in total. The van der Waals surface area contributed by atoms with Gasteiger partial charge in [-0.3, -0.25) is 0 Å². The monoisotopic (exact) mass is 385 g/mol. The van der Waals surface area contributed by atoms with Crippen molar-refractivity contribution in [2.24, 2.45) is 0 Å². The molecule has 29 heavy (non-hydrogen) atoms. The van der Waals surface area contributed by atoms with Gasteiger partial charge in [-0.1, -0.05) is 72.8 Å². The fraction of sp³-hybridized carbons (Fsp3) is 0.160. The van der Waals surface area contributed by atoms with Gasteiger partial charge in [-0.25, -0.2) is 4.79 Å². The summed E-state index contributed by atoms with van der Waals surface area (Å²) in [4.78, 5) is 14.6. The largest absolute Gasteiger partial charge is 0.464 e. The van der Waals surface area contributed by atoms with Gasteiger partial charge in [0.05, 0.1) is 12.6 Å². The van der Waals surface area contributed by atoms with Gasteiger partial charge in [0.1, 0.15) is 0 Å². The van der Waals surface area contributed by atoms with Gasteiger partial charge in [-0.2, -0.15) is 0 Å². The third-order valence-electron chi connectivity index (χ3n) is 5.08. The second-order valence-corrected chi connectivity index (χ2v) is 6.87. The molecular weight excluding hydrogens is 362 g/mol. The highest BCUT2D eigenvalue weighted by Crippen LogP contribution is 2.43. The van der Waals surface area contributed by atoms with E-state index in [9.17, 15) is 9.90 Å². The molecule has 2 unspecified atom stereocenters. The van der Waals surface area contributed by atoms with Crippen LogP contribution in [-0.4, -0.2) is 23.8 Å². The van der Waals surface area contributed by atoms with Crippen molar-refractivity contribution in [3.8, 4) is 0 Å². The van der Waals surface area contributed by atoms with Crippen molar-refractivity contribution in [3.05, 3.63) is 102 Å². The molecule has 4 heteroatoms. The minimum absolute atomic E-state index is 0.219. The van der Waals surface area contributed by atoms with Crippen LogP contribution in [0.3, 0.4) is 0 Å². The molecule has 1 heterocycles. The number of carbonyl (C=O) groups is 1. The first-order valence-electron chi connectivity index (χ1n) is 9.75. The van der Waals surface area contributed by atoms with E-state index in [1.807, 2.05) is 89.8 Å². The van der Waals surface area contributed by atoms with Crippen LogP contribution in [0.25, 0.3) is 11.8 Å². The number of fused-ring (bicyclic) bond motifs is 1. The van der Waals surface area contributed by atoms with E-state index >= 15 is 0 Å². The summed E-state index contributed by atoms with van der Waals surface area (Å²) in [5.41, 5.74) is 4.68. The third-order valence-corrected chi connectivity index (χ3v) is 5.08. The number of anilines is 1. The summed E-state index contributed by atoms with van der Waals surface area (Å²) in [5.74, 6) is -0.623. The molecule has 4 rings (SSSR count). The summed E-state index contributed by atoms with van der Waals surface area (Å²) < 4.78 is 5.16. The maximum absolute atomic E-state index is 12.6. The van der Waals surface area contributed by atoms with E-state index in [0.717, 1.165) is 28.1 Å². The number of nitrogens with zero attached hydrogens (tertiary/aromatic N) is 1. The molecule has 0 fully saturated rings. The van der Waals surface area contributed by atoms with Crippen LogP contribution in [0.5, 0.6) is 0 Å². The zero-order valence-electron chi connectivity index (χ0n) is 16.2. The number of esters is 1. The summed E-state index contributed by atoms with van der Waals surface area (Å²) in [7, 11) is 0. The molecular formula is C25H23NO3. The summed E-state index contributed by atoms with van der Waals surface area (Å²) in [6.07, 6.45) is 0.773. The minimum Gasteiger partial charge on any atom is -0.464 e. The zero-order chi connectivity index (χ0) is 20.2. The van der Waals surface area contributed by atoms with Crippen LogP contribution in [0.15, 0.2) is 84.9 Å². The van der Waals surface area contributed by atoms with Crippen LogP contribution in [0, 0.1) is 0 Å². The van der Waals surface area contributed by atoms with Crippen molar-refractivity contribution in [3.63, 3.8) is 0 Å². The predicted molar refractivity (Wildman–Crippen MR) is 115 cm³/mol. The summed E-state index contributed by atoms with van der Waals surface area (Å²) in [6.45, 7) is 1.96. The Morgan fingerprint density at radius 2 is 1.59 bits per heavy atom. The average Bonchev–Trinajstić information content (AvgIpc) is 2.78. The summed E-state index contributed by atoms with van der Waals surface area (Å²) >= 11 is 0. The Hall–Kier alpha value is -3.37. The Morgan fingerprint density at radius 1 is 0.966 bits per heavy atom. The number of carbonyl (C=O) groups excluding carboxylic acids is 1. The zero-order valence-corrected chi connectivity index (χ0v) is 16.2. The highest BCUT2D eigenvalue weighted by atomic mass is 16.5. The number of hydrogen-bond donors (Lipinski definition) is 1. The maximum Gasteiger partial charge on any atom is 0.337 e. The topological polar surface area (TPSA) is 49.8 Å². The van der Waals surface area contributed by atoms with E-state index in [2.05, 4.69) is 6.08 Å². The molecule has 146 valence electrons. The van der Waals surface area contributed by atoms with Crippen LogP contribution >= 0.6 is 0 Å². The molecule has 0 spiro atoms. The number of para-hydroxylation sites is 1. The normalized spacial score (nSPS) is 16.6. The Kier molecular flexibility index (Phi) is 5.45. The third kappa shape index (κ3) is 3.67. The van der Waals surface area contributed by atoms with Crippen LogP contribution in [0.2, 0.25) is 0 Å². The molecule has 2 atom stereocenters. The van der Waals surface area contributed by atoms with Crippen LogP contribution in [-0.2, 0) is 9.53 Å². The lowest BCUT2D eigenvalue weighted by molar-refractivity contribution is -0.154. The highest BCUT2D eigenvalue weighted by Gasteiger charge is 2.39. The fourth-order valence-electron chi connectivity index (χ4n) is 3.80. The molecule has 0 amide bonds. The van der Waals surface area contributed by atoms with E-state index in [0.29, 0.717) is 0 Å². The standard InChI is InChI=1S/C25H23NO3/c1-2-29-25(28)24(27)23-21-16-10-9-13-19(21)17-22(18-11-5-3-6-12-18)26(23)20-14-7-4-8-15-20/h3-17,23-24,27H,2H2,1H3. The Morgan fingerprint density at radius 3 is 2.28 bits per heavy atom. The number of hydrogen-bond acceptors (Lipinski definition) is 4. The van der Waals surface area contributed by atoms with Gasteiger partial charge in [0, 0.05) is 11.4 Å². The molecule has 0 aliphatic carbocycles. The number of rotatable bonds is 5. The number of benzene rings is 3. The molecule has 0 aromatic heterocycles. The van der Waals surface area contributed by atoms with E-state index in [1.165, 1.54) is 0 Å². The van der Waals surface area contributed by atoms with Gasteiger partial charge >= 0.3 is 5.97 Å². The van der Waals surface area contributed by atoms with Crippen molar-refractivity contribution >= 4 is 23.4 Å². The Bertz CT molecular complexity index is 1010. The lowest BCUT2D eigenvalue weighted by Crippen LogP contribution is -2.42. The van der Waals surface area contributed by atoms with Gasteiger partial charge in [0.2, 0.25) is 0 Å². The second kappa shape index (κ2) is 8.33. The first-order chi connectivity index (χ1) is 14.2. The fourth-order valence-corrected chi connectivity index (χ4v) is 3.80. The lowest BCUT2D eigenvalue weighted by atomic mass is 9.88. The van der Waals surface area contributed by atoms with E-state index < -0.39 is 18.1 Å². The smallest absolute Gasteiger partial charge is 0.337 e. The quantitative estimate of drug-likeness (QED) is 0.649. The van der Waals surface area contributed by atoms with Crippen LogP contribution < -0.4 is 4.90 Å². The molecule has 1 aliphatic heterocycles. The number of aliphatic hydroxyl groups is 1. The van der Waals surface area contributed by atoms with Gasteiger partial charge in [-0.05, 0) is 41.8 Å². The average molecular weight is 385 g/mol. The Labute approximate surface area is 170 Å². The first-order valence-corrected chi connectivity index (χ1v) is 9.75. The van der Waals surface area contributed by atoms with Crippen molar-refractivity contribution in [1.82, 2.24) is 0 Å². The number of aliphatic hydroxyl groups excluding tert-OH is 1. The minimum atomic E-state index is -1.33. The van der Waals surface area contributed by atoms with E-state index in [-0.39, 0.29) is 6.61 Å². The van der Waals surface area contributed by atoms with E-state index in [1.54, 1.807) is 6.92 Å². The molecule has 4 nitrogen and oxygen atoms in total. The predicted octanol–water partition coefficient (Wildman–Crippen LogP) is 4.67. The lowest BCUT2D eigenvalue weighted by Gasteiger charge is -2.41. The summed E-state index contributed by atoms with van der Waals surface area (Å²) in [5, 5.41) is 11.1. The first kappa shape index (κ1) is 19.0. The molecule has 3 aromatic rings. The number of ether oxygens (including phenoxy) is 1. The molecule has 0 saturated carbocycles. The van der Waals surface area contributed by atoms with Gasteiger partial charge in [0.15, 0.2) is 6.10 Å². The van der Waals surface area contributed by atoms with Gasteiger partial charge in [0.25, 0.3) is 0 Å². The van der Waals surface area contributed by atoms with Gasteiger partial charge in [-0.15, -0.1) is 0 Å². The van der Waals surface area contributed by atoms with E-state index in [4.69, 9.17) is 4.74 Å². The maximum atomic E-state index is 12.6. The summed E-state index contributed by atoms with van der Waals surface area (Å²) in [6, 6.07) is 27.1. The SMILES string of the molecule is CCOC(=O)C(O)C1c2ccccc2C=C(c2ccccc2)N1c1ccccc1. The van der Waals surface area contributed by atoms with Crippen molar-refractivity contribution in [2.75, 3.05) is 11.5 Å². The second-order valence-electron chi connectivity index (χ2n) is 6.87. The Balaban J connectivity index is 1.93. The van der Waals surface area contributed by atoms with Crippen molar-refractivity contribution in [1.29, 1.82) is 0 Å². The molecule has 0 bridgehead atoms. The van der Waals surface area contributed by atoms with Crippen LogP contribution in [0.1, 0.15) is 29.7 Å². The molecule has 3 aromatic carbocycles. The molecule has 1 aliphatic rings. The molecule has 0 radical (unpaired) electrons.